The van der Waals surface area contributed by atoms with E-state index in [9.17, 15) is 9.90 Å². The number of anilines is 1. The van der Waals surface area contributed by atoms with Crippen LogP contribution in [0.25, 0.3) is 0 Å². The minimum absolute atomic E-state index is 0.0363. The van der Waals surface area contributed by atoms with Crippen molar-refractivity contribution >= 4 is 11.6 Å². The molecule has 0 saturated heterocycles. The normalized spacial score (nSPS) is 13.9. The predicted octanol–water partition coefficient (Wildman–Crippen LogP) is 2.45. The third-order valence-electron chi connectivity index (χ3n) is 4.49. The second-order valence-electron chi connectivity index (χ2n) is 6.85. The van der Waals surface area contributed by atoms with Gasteiger partial charge in [-0.15, -0.1) is 0 Å². The van der Waals surface area contributed by atoms with E-state index >= 15 is 0 Å². The molecule has 0 saturated carbocycles. The second-order valence-corrected chi connectivity index (χ2v) is 6.85. The van der Waals surface area contributed by atoms with Crippen molar-refractivity contribution in [3.63, 3.8) is 0 Å². The number of carbonyl (C=O) groups is 1. The van der Waals surface area contributed by atoms with Crippen LogP contribution in [-0.2, 0) is 24.3 Å². The van der Waals surface area contributed by atoms with E-state index in [2.05, 4.69) is 35.3 Å². The number of rotatable bonds is 6. The maximum atomic E-state index is 12.4. The molecule has 1 amide bonds. The Morgan fingerprint density at radius 2 is 1.92 bits per heavy atom. The Balaban J connectivity index is 1.64. The SMILES string of the molecule is CN(C)CCN1Cc2cccc(NC(=O)Cc3ccc(O)cc3)c2C1. The zero-order valence-electron chi connectivity index (χ0n) is 14.8. The van der Waals surface area contributed by atoms with Crippen molar-refractivity contribution in [1.82, 2.24) is 9.80 Å². The summed E-state index contributed by atoms with van der Waals surface area (Å²) in [6.07, 6.45) is 0.300. The Labute approximate surface area is 148 Å². The van der Waals surface area contributed by atoms with Crippen LogP contribution in [0.1, 0.15) is 16.7 Å². The summed E-state index contributed by atoms with van der Waals surface area (Å²) in [6.45, 7) is 3.85. The van der Waals surface area contributed by atoms with Crippen LogP contribution in [0.2, 0.25) is 0 Å². The molecule has 0 unspecified atom stereocenters. The lowest BCUT2D eigenvalue weighted by atomic mass is 10.1. The molecule has 0 spiro atoms. The number of nitrogens with zero attached hydrogens (tertiary/aromatic N) is 2. The lowest BCUT2D eigenvalue weighted by Crippen LogP contribution is -2.27. The molecule has 0 radical (unpaired) electrons. The summed E-state index contributed by atoms with van der Waals surface area (Å²) >= 11 is 0. The number of phenolic OH excluding ortho intramolecular Hbond substituents is 1. The number of nitrogens with one attached hydrogen (secondary N) is 1. The van der Waals surface area contributed by atoms with Gasteiger partial charge in [-0.25, -0.2) is 0 Å². The maximum absolute atomic E-state index is 12.4. The third kappa shape index (κ3) is 4.59. The highest BCUT2D eigenvalue weighted by Crippen LogP contribution is 2.29. The monoisotopic (exact) mass is 339 g/mol. The Morgan fingerprint density at radius 3 is 2.64 bits per heavy atom. The fourth-order valence-electron chi connectivity index (χ4n) is 3.10. The van der Waals surface area contributed by atoms with Crippen molar-refractivity contribution in [2.75, 3.05) is 32.5 Å². The molecule has 0 atom stereocenters. The summed E-state index contributed by atoms with van der Waals surface area (Å²) in [7, 11) is 4.16. The molecule has 0 bridgehead atoms. The van der Waals surface area contributed by atoms with Crippen molar-refractivity contribution in [3.8, 4) is 5.75 Å². The van der Waals surface area contributed by atoms with Crippen molar-refractivity contribution < 1.29 is 9.90 Å². The Morgan fingerprint density at radius 1 is 1.16 bits per heavy atom. The van der Waals surface area contributed by atoms with Crippen LogP contribution in [0, 0.1) is 0 Å². The molecule has 25 heavy (non-hydrogen) atoms. The molecule has 2 aromatic rings. The Bertz CT molecular complexity index is 741. The highest BCUT2D eigenvalue weighted by molar-refractivity contribution is 5.93. The van der Waals surface area contributed by atoms with E-state index in [1.54, 1.807) is 24.3 Å². The molecule has 5 nitrogen and oxygen atoms in total. The predicted molar refractivity (Wildman–Crippen MR) is 99.6 cm³/mol. The van der Waals surface area contributed by atoms with E-state index in [0.29, 0.717) is 6.42 Å². The summed E-state index contributed by atoms with van der Waals surface area (Å²) in [6, 6.07) is 12.9. The number of hydrogen-bond donors (Lipinski definition) is 2. The molecule has 2 N–H and O–H groups in total. The van der Waals surface area contributed by atoms with Gasteiger partial charge in [0.1, 0.15) is 5.75 Å². The van der Waals surface area contributed by atoms with Gasteiger partial charge in [0.15, 0.2) is 0 Å². The van der Waals surface area contributed by atoms with Gasteiger partial charge in [-0.1, -0.05) is 24.3 Å². The molecular formula is C20H25N3O2. The molecule has 1 aliphatic heterocycles. The van der Waals surface area contributed by atoms with Crippen molar-refractivity contribution in [2.45, 2.75) is 19.5 Å². The molecular weight excluding hydrogens is 314 g/mol. The maximum Gasteiger partial charge on any atom is 0.228 e. The number of phenols is 1. The average Bonchev–Trinajstić information content (AvgIpc) is 2.99. The van der Waals surface area contributed by atoms with Gasteiger partial charge in [0, 0.05) is 31.9 Å². The zero-order chi connectivity index (χ0) is 17.8. The van der Waals surface area contributed by atoms with E-state index in [1.165, 1.54) is 11.1 Å². The fourth-order valence-corrected chi connectivity index (χ4v) is 3.10. The molecule has 0 aromatic heterocycles. The van der Waals surface area contributed by atoms with Crippen LogP contribution < -0.4 is 5.32 Å². The quantitative estimate of drug-likeness (QED) is 0.849. The van der Waals surface area contributed by atoms with Crippen LogP contribution in [0.5, 0.6) is 5.75 Å². The summed E-state index contributed by atoms with van der Waals surface area (Å²) < 4.78 is 0. The smallest absolute Gasteiger partial charge is 0.228 e. The number of aromatic hydroxyl groups is 1. The first-order valence-electron chi connectivity index (χ1n) is 8.57. The van der Waals surface area contributed by atoms with Gasteiger partial charge >= 0.3 is 0 Å². The van der Waals surface area contributed by atoms with Gasteiger partial charge in [-0.2, -0.15) is 0 Å². The lowest BCUT2D eigenvalue weighted by molar-refractivity contribution is -0.115. The van der Waals surface area contributed by atoms with E-state index in [4.69, 9.17) is 0 Å². The standard InChI is InChI=1S/C20H25N3O2/c1-22(2)10-11-23-13-16-4-3-5-19(18(16)14-23)21-20(25)12-15-6-8-17(24)9-7-15/h3-9,24H,10-14H2,1-2H3,(H,21,25). The largest absolute Gasteiger partial charge is 0.508 e. The van der Waals surface area contributed by atoms with E-state index in [-0.39, 0.29) is 11.7 Å². The van der Waals surface area contributed by atoms with Crippen molar-refractivity contribution in [3.05, 3.63) is 59.2 Å². The van der Waals surface area contributed by atoms with E-state index in [0.717, 1.165) is 37.4 Å². The molecule has 1 heterocycles. The molecule has 5 heteroatoms. The highest BCUT2D eigenvalue weighted by atomic mass is 16.3. The van der Waals surface area contributed by atoms with Gasteiger partial charge in [-0.05, 0) is 49.0 Å². The minimum atomic E-state index is -0.0363. The third-order valence-corrected chi connectivity index (χ3v) is 4.49. The summed E-state index contributed by atoms with van der Waals surface area (Å²) in [5.41, 5.74) is 4.31. The number of fused-ring (bicyclic) bond motifs is 1. The first-order valence-corrected chi connectivity index (χ1v) is 8.57. The van der Waals surface area contributed by atoms with Gasteiger partial charge in [0.25, 0.3) is 0 Å². The van der Waals surface area contributed by atoms with Gasteiger partial charge in [0.2, 0.25) is 5.91 Å². The van der Waals surface area contributed by atoms with E-state index < -0.39 is 0 Å². The highest BCUT2D eigenvalue weighted by Gasteiger charge is 2.22. The number of likely N-dealkylation sites (N-methyl/N-ethyl adjacent to an activating group) is 1. The number of hydrogen-bond acceptors (Lipinski definition) is 4. The first-order chi connectivity index (χ1) is 12.0. The molecule has 1 aliphatic rings. The number of carbonyl (C=O) groups excluding carboxylic acids is 1. The average molecular weight is 339 g/mol. The van der Waals surface area contributed by atoms with Crippen LogP contribution in [-0.4, -0.2) is 48.0 Å². The van der Waals surface area contributed by atoms with Crippen molar-refractivity contribution in [2.24, 2.45) is 0 Å². The lowest BCUT2D eigenvalue weighted by Gasteiger charge is -2.18. The van der Waals surface area contributed by atoms with Gasteiger partial charge in [-0.3, -0.25) is 9.69 Å². The fraction of sp³-hybridized carbons (Fsp3) is 0.350. The first kappa shape index (κ1) is 17.5. The topological polar surface area (TPSA) is 55.8 Å². The van der Waals surface area contributed by atoms with E-state index in [1.807, 2.05) is 12.1 Å². The summed E-state index contributed by atoms with van der Waals surface area (Å²) in [4.78, 5) is 17.0. The molecule has 2 aromatic carbocycles. The van der Waals surface area contributed by atoms with Crippen LogP contribution in [0.4, 0.5) is 5.69 Å². The second kappa shape index (κ2) is 7.68. The number of amides is 1. The van der Waals surface area contributed by atoms with Gasteiger partial charge < -0.3 is 15.3 Å². The molecule has 0 aliphatic carbocycles. The van der Waals surface area contributed by atoms with Crippen LogP contribution in [0.15, 0.2) is 42.5 Å². The van der Waals surface area contributed by atoms with Crippen LogP contribution >= 0.6 is 0 Å². The Hall–Kier alpha value is -2.37. The minimum Gasteiger partial charge on any atom is -0.508 e. The number of benzene rings is 2. The molecule has 132 valence electrons. The summed E-state index contributed by atoms with van der Waals surface area (Å²) in [5, 5.41) is 12.4. The zero-order valence-corrected chi connectivity index (χ0v) is 14.8. The molecule has 0 fully saturated rings. The van der Waals surface area contributed by atoms with Crippen molar-refractivity contribution in [1.29, 1.82) is 0 Å². The summed E-state index contributed by atoms with van der Waals surface area (Å²) in [5.74, 6) is 0.175. The Kier molecular flexibility index (Phi) is 5.36. The van der Waals surface area contributed by atoms with Gasteiger partial charge in [0.05, 0.1) is 6.42 Å². The molecule has 3 rings (SSSR count). The van der Waals surface area contributed by atoms with Crippen LogP contribution in [0.3, 0.4) is 0 Å².